The first-order chi connectivity index (χ1) is 7.83. The van der Waals surface area contributed by atoms with Crippen LogP contribution in [-0.2, 0) is 6.54 Å². The van der Waals surface area contributed by atoms with Gasteiger partial charge in [-0.05, 0) is 12.1 Å². The van der Waals surface area contributed by atoms with Crippen molar-refractivity contribution < 1.29 is 4.52 Å². The number of imidazole rings is 1. The van der Waals surface area contributed by atoms with Gasteiger partial charge in [-0.25, -0.2) is 4.98 Å². The molecule has 0 spiro atoms. The van der Waals surface area contributed by atoms with E-state index in [9.17, 15) is 0 Å². The Kier molecular flexibility index (Phi) is 3.36. The maximum atomic E-state index is 5.87. The molecule has 1 aromatic carbocycles. The van der Waals surface area contributed by atoms with E-state index in [0.717, 1.165) is 11.1 Å². The van der Waals surface area contributed by atoms with E-state index < -0.39 is 0 Å². The molecule has 0 atom stereocenters. The van der Waals surface area contributed by atoms with Gasteiger partial charge in [0.15, 0.2) is 5.58 Å². The molecule has 0 aliphatic heterocycles. The molecule has 0 fully saturated rings. The largest absolute Gasteiger partial charge is 0.356 e. The average molecular weight is 270 g/mol. The predicted molar refractivity (Wildman–Crippen MR) is 67.6 cm³/mol. The highest BCUT2D eigenvalue weighted by atomic mass is 35.5. The number of aromatic nitrogens is 3. The lowest BCUT2D eigenvalue weighted by Crippen LogP contribution is -1.96. The van der Waals surface area contributed by atoms with E-state index in [1.165, 1.54) is 0 Å². The molecule has 6 heteroatoms. The zero-order chi connectivity index (χ0) is 11.0. The van der Waals surface area contributed by atoms with E-state index >= 15 is 0 Å². The molecular weight excluding hydrogens is 261 g/mol. The van der Waals surface area contributed by atoms with Crippen LogP contribution in [0.3, 0.4) is 0 Å². The van der Waals surface area contributed by atoms with E-state index in [-0.39, 0.29) is 12.4 Å². The minimum Gasteiger partial charge on any atom is -0.356 e. The Morgan fingerprint density at radius 2 is 2.24 bits per heavy atom. The topological polar surface area (TPSA) is 43.9 Å². The van der Waals surface area contributed by atoms with Gasteiger partial charge in [0.05, 0.1) is 12.9 Å². The smallest absolute Gasteiger partial charge is 0.168 e. The van der Waals surface area contributed by atoms with Crippen LogP contribution in [-0.4, -0.2) is 14.7 Å². The first-order valence-electron chi connectivity index (χ1n) is 4.82. The number of fused-ring (bicyclic) bond motifs is 1. The summed E-state index contributed by atoms with van der Waals surface area (Å²) in [7, 11) is 0. The first-order valence-corrected chi connectivity index (χ1v) is 5.20. The van der Waals surface area contributed by atoms with Crippen LogP contribution in [0, 0.1) is 0 Å². The molecule has 2 heterocycles. The van der Waals surface area contributed by atoms with Crippen LogP contribution in [0.2, 0.25) is 5.02 Å². The Hall–Kier alpha value is -1.52. The zero-order valence-electron chi connectivity index (χ0n) is 8.71. The molecule has 88 valence electrons. The molecule has 3 aromatic rings. The van der Waals surface area contributed by atoms with E-state index in [0.29, 0.717) is 17.2 Å². The average Bonchev–Trinajstić information content (AvgIpc) is 2.89. The van der Waals surface area contributed by atoms with Gasteiger partial charge < -0.3 is 9.09 Å². The van der Waals surface area contributed by atoms with Crippen LogP contribution in [0.1, 0.15) is 5.69 Å². The van der Waals surface area contributed by atoms with Crippen molar-refractivity contribution in [1.29, 1.82) is 0 Å². The molecule has 0 N–H and O–H groups in total. The molecule has 0 saturated carbocycles. The van der Waals surface area contributed by atoms with Gasteiger partial charge >= 0.3 is 0 Å². The summed E-state index contributed by atoms with van der Waals surface area (Å²) < 4.78 is 7.15. The second-order valence-corrected chi connectivity index (χ2v) is 3.94. The summed E-state index contributed by atoms with van der Waals surface area (Å²) in [5.41, 5.74) is 1.59. The fourth-order valence-corrected chi connectivity index (χ4v) is 1.79. The summed E-state index contributed by atoms with van der Waals surface area (Å²) in [5.74, 6) is 0. The van der Waals surface area contributed by atoms with Crippen molar-refractivity contribution in [1.82, 2.24) is 14.7 Å². The van der Waals surface area contributed by atoms with E-state index in [1.54, 1.807) is 18.6 Å². The Bertz CT molecular complexity index is 619. The number of nitrogens with zero attached hydrogens (tertiary/aromatic N) is 3. The van der Waals surface area contributed by atoms with Crippen LogP contribution < -0.4 is 0 Å². The van der Waals surface area contributed by atoms with Crippen LogP contribution in [0.5, 0.6) is 0 Å². The number of benzene rings is 1. The van der Waals surface area contributed by atoms with Gasteiger partial charge in [0.2, 0.25) is 0 Å². The fourth-order valence-electron chi connectivity index (χ4n) is 1.63. The van der Waals surface area contributed by atoms with Crippen molar-refractivity contribution in [2.75, 3.05) is 0 Å². The number of hydrogen-bond donors (Lipinski definition) is 0. The Morgan fingerprint density at radius 3 is 3.00 bits per heavy atom. The molecule has 0 amide bonds. The zero-order valence-corrected chi connectivity index (χ0v) is 10.3. The summed E-state index contributed by atoms with van der Waals surface area (Å²) in [5, 5.41) is 5.66. The summed E-state index contributed by atoms with van der Waals surface area (Å²) >= 11 is 5.87. The van der Waals surface area contributed by atoms with Gasteiger partial charge in [0.1, 0.15) is 5.69 Å². The van der Waals surface area contributed by atoms with Crippen molar-refractivity contribution in [3.63, 3.8) is 0 Å². The standard InChI is InChI=1S/C11H8ClN3O.ClH/c12-8-1-2-9-10(14-16-11(9)5-8)6-15-4-3-13-7-15;/h1-5,7H,6H2;1H. The molecule has 17 heavy (non-hydrogen) atoms. The number of halogens is 2. The third-order valence-corrected chi connectivity index (χ3v) is 2.64. The van der Waals surface area contributed by atoms with Crippen LogP contribution in [0.15, 0.2) is 41.4 Å². The summed E-state index contributed by atoms with van der Waals surface area (Å²) in [4.78, 5) is 3.98. The third-order valence-electron chi connectivity index (χ3n) is 2.40. The van der Waals surface area contributed by atoms with Crippen LogP contribution >= 0.6 is 24.0 Å². The maximum absolute atomic E-state index is 5.87. The van der Waals surface area contributed by atoms with E-state index in [2.05, 4.69) is 10.1 Å². The number of hydrogen-bond acceptors (Lipinski definition) is 3. The van der Waals surface area contributed by atoms with Gasteiger partial charge in [0.25, 0.3) is 0 Å². The van der Waals surface area contributed by atoms with Crippen molar-refractivity contribution in [3.05, 3.63) is 47.6 Å². The van der Waals surface area contributed by atoms with Gasteiger partial charge in [-0.2, -0.15) is 0 Å². The van der Waals surface area contributed by atoms with Gasteiger partial charge in [-0.1, -0.05) is 16.8 Å². The van der Waals surface area contributed by atoms with Crippen LogP contribution in [0.4, 0.5) is 0 Å². The molecule has 0 bridgehead atoms. The molecule has 0 aliphatic carbocycles. The fraction of sp³-hybridized carbons (Fsp3) is 0.0909. The monoisotopic (exact) mass is 269 g/mol. The Labute approximate surface area is 109 Å². The molecule has 2 aromatic heterocycles. The maximum Gasteiger partial charge on any atom is 0.168 e. The normalized spacial score (nSPS) is 10.4. The number of rotatable bonds is 2. The van der Waals surface area contributed by atoms with Gasteiger partial charge in [-0.3, -0.25) is 0 Å². The second-order valence-electron chi connectivity index (χ2n) is 3.50. The lowest BCUT2D eigenvalue weighted by atomic mass is 10.2. The minimum absolute atomic E-state index is 0. The summed E-state index contributed by atoms with van der Waals surface area (Å²) in [6.45, 7) is 0.647. The van der Waals surface area contributed by atoms with E-state index in [1.807, 2.05) is 22.9 Å². The highest BCUT2D eigenvalue weighted by Gasteiger charge is 2.08. The third kappa shape index (κ3) is 2.28. The van der Waals surface area contributed by atoms with Crippen molar-refractivity contribution in [2.24, 2.45) is 0 Å². The summed E-state index contributed by atoms with van der Waals surface area (Å²) in [6, 6.07) is 5.51. The van der Waals surface area contributed by atoms with Crippen LogP contribution in [0.25, 0.3) is 11.0 Å². The lowest BCUT2D eigenvalue weighted by Gasteiger charge is -1.97. The highest BCUT2D eigenvalue weighted by molar-refractivity contribution is 6.31. The molecule has 0 radical (unpaired) electrons. The highest BCUT2D eigenvalue weighted by Crippen LogP contribution is 2.22. The quantitative estimate of drug-likeness (QED) is 0.718. The molecule has 3 rings (SSSR count). The second kappa shape index (κ2) is 4.77. The molecule has 0 saturated heterocycles. The summed E-state index contributed by atoms with van der Waals surface area (Å²) in [6.07, 6.45) is 5.37. The van der Waals surface area contributed by atoms with Gasteiger partial charge in [-0.15, -0.1) is 12.4 Å². The molecule has 0 unspecified atom stereocenters. The Balaban J connectivity index is 0.00000108. The van der Waals surface area contributed by atoms with Crippen molar-refractivity contribution >= 4 is 35.0 Å². The Morgan fingerprint density at radius 1 is 1.35 bits per heavy atom. The first kappa shape index (κ1) is 12.0. The minimum atomic E-state index is 0. The molecule has 0 aliphatic rings. The lowest BCUT2D eigenvalue weighted by molar-refractivity contribution is 0.443. The molecular formula is C11H9Cl2N3O. The van der Waals surface area contributed by atoms with Gasteiger partial charge in [0, 0.05) is 28.9 Å². The van der Waals surface area contributed by atoms with Crippen molar-refractivity contribution in [3.8, 4) is 0 Å². The van der Waals surface area contributed by atoms with E-state index in [4.69, 9.17) is 16.1 Å². The molecule has 4 nitrogen and oxygen atoms in total. The van der Waals surface area contributed by atoms with Crippen molar-refractivity contribution in [2.45, 2.75) is 6.54 Å². The SMILES string of the molecule is Cl.Clc1ccc2c(Cn3ccnc3)noc2c1. The predicted octanol–water partition coefficient (Wildman–Crippen LogP) is 3.15.